The van der Waals surface area contributed by atoms with Crippen LogP contribution >= 0.6 is 23.8 Å². The second kappa shape index (κ2) is 7.15. The molecule has 124 valence electrons. The van der Waals surface area contributed by atoms with Crippen molar-refractivity contribution in [2.24, 2.45) is 5.92 Å². The average Bonchev–Trinajstić information content (AvgIpc) is 3.36. The minimum absolute atomic E-state index is 0.0766. The molecule has 1 saturated carbocycles. The van der Waals surface area contributed by atoms with Crippen LogP contribution in [0.5, 0.6) is 0 Å². The third-order valence-corrected chi connectivity index (χ3v) is 4.28. The van der Waals surface area contributed by atoms with Gasteiger partial charge in [-0.05, 0) is 66.5 Å². The van der Waals surface area contributed by atoms with Crippen molar-refractivity contribution in [1.82, 2.24) is 10.9 Å². The molecule has 2 aromatic rings. The Bertz CT molecular complexity index is 751. The lowest BCUT2D eigenvalue weighted by atomic mass is 10.1. The molecule has 0 aliphatic heterocycles. The number of anilines is 1. The first-order chi connectivity index (χ1) is 11.5. The van der Waals surface area contributed by atoms with Gasteiger partial charge in [-0.1, -0.05) is 23.7 Å². The van der Waals surface area contributed by atoms with Crippen LogP contribution in [0.3, 0.4) is 0 Å². The van der Waals surface area contributed by atoms with Crippen molar-refractivity contribution in [3.8, 4) is 0 Å². The van der Waals surface area contributed by atoms with E-state index in [4.69, 9.17) is 23.8 Å². The van der Waals surface area contributed by atoms with Crippen LogP contribution in [-0.4, -0.2) is 11.0 Å². The average molecular weight is 364 g/mol. The Morgan fingerprint density at radius 3 is 2.42 bits per heavy atom. The summed E-state index contributed by atoms with van der Waals surface area (Å²) in [5.41, 5.74) is 6.98. The lowest BCUT2D eigenvalue weighted by Gasteiger charge is -2.11. The van der Waals surface area contributed by atoms with Gasteiger partial charge in [0.05, 0.1) is 0 Å². The molecule has 3 N–H and O–H groups in total. The van der Waals surface area contributed by atoms with Gasteiger partial charge in [0.25, 0.3) is 0 Å². The van der Waals surface area contributed by atoms with Crippen molar-refractivity contribution in [2.45, 2.75) is 12.3 Å². The molecule has 1 fully saturated rings. The first-order valence-corrected chi connectivity index (χ1v) is 8.19. The molecule has 3 rings (SSSR count). The largest absolute Gasteiger partial charge is 0.331 e. The van der Waals surface area contributed by atoms with Crippen LogP contribution in [-0.2, 0) is 4.79 Å². The molecule has 2 aromatic carbocycles. The number of hydrogen-bond acceptors (Lipinski definition) is 2. The van der Waals surface area contributed by atoms with Gasteiger partial charge in [0, 0.05) is 16.6 Å². The Labute approximate surface area is 149 Å². The smallest absolute Gasteiger partial charge is 0.242 e. The zero-order chi connectivity index (χ0) is 17.1. The first kappa shape index (κ1) is 16.7. The summed E-state index contributed by atoms with van der Waals surface area (Å²) in [6.07, 6.45) is 0.799. The standard InChI is InChI=1S/C17H15ClFN3OS/c18-11-3-1-10(2-4-11)14-9-15(14)16(23)21-22-17(24)20-13-7-5-12(19)6-8-13/h1-8,14-15H,9H2,(H,21,23)(H2,20,22,24)/t14-,15-/m1/s1. The second-order valence-corrected chi connectivity index (χ2v) is 6.42. The van der Waals surface area contributed by atoms with Gasteiger partial charge in [-0.3, -0.25) is 15.6 Å². The molecule has 0 aromatic heterocycles. The van der Waals surface area contributed by atoms with E-state index in [9.17, 15) is 9.18 Å². The van der Waals surface area contributed by atoms with Crippen molar-refractivity contribution >= 4 is 40.5 Å². The van der Waals surface area contributed by atoms with Crippen LogP contribution < -0.4 is 16.2 Å². The van der Waals surface area contributed by atoms with E-state index in [0.29, 0.717) is 10.7 Å². The number of rotatable bonds is 3. The molecule has 0 unspecified atom stereocenters. The topological polar surface area (TPSA) is 53.2 Å². The van der Waals surface area contributed by atoms with Crippen LogP contribution in [0.15, 0.2) is 48.5 Å². The molecule has 2 atom stereocenters. The fourth-order valence-corrected chi connectivity index (χ4v) is 2.76. The van der Waals surface area contributed by atoms with Crippen molar-refractivity contribution in [3.05, 3.63) is 64.9 Å². The second-order valence-electron chi connectivity index (χ2n) is 5.58. The third kappa shape index (κ3) is 4.21. The molecule has 0 bridgehead atoms. The highest BCUT2D eigenvalue weighted by molar-refractivity contribution is 7.80. The third-order valence-electron chi connectivity index (χ3n) is 3.83. The van der Waals surface area contributed by atoms with Gasteiger partial charge in [-0.2, -0.15) is 0 Å². The van der Waals surface area contributed by atoms with Crippen molar-refractivity contribution in [2.75, 3.05) is 5.32 Å². The number of benzene rings is 2. The van der Waals surface area contributed by atoms with Crippen LogP contribution in [0.25, 0.3) is 0 Å². The van der Waals surface area contributed by atoms with E-state index < -0.39 is 0 Å². The van der Waals surface area contributed by atoms with Crippen molar-refractivity contribution in [1.29, 1.82) is 0 Å². The van der Waals surface area contributed by atoms with Gasteiger partial charge in [0.2, 0.25) is 5.91 Å². The quantitative estimate of drug-likeness (QED) is 0.576. The fourth-order valence-electron chi connectivity index (χ4n) is 2.47. The summed E-state index contributed by atoms with van der Waals surface area (Å²) in [5, 5.41) is 3.77. The Hall–Kier alpha value is -2.18. The maximum absolute atomic E-state index is 12.8. The molecular formula is C17H15ClFN3OS. The van der Waals surface area contributed by atoms with Crippen molar-refractivity contribution < 1.29 is 9.18 Å². The van der Waals surface area contributed by atoms with Crippen molar-refractivity contribution in [3.63, 3.8) is 0 Å². The van der Waals surface area contributed by atoms with E-state index in [1.54, 1.807) is 12.1 Å². The molecular weight excluding hydrogens is 349 g/mol. The molecule has 7 heteroatoms. The molecule has 0 saturated heterocycles. The first-order valence-electron chi connectivity index (χ1n) is 7.41. The van der Waals surface area contributed by atoms with Gasteiger partial charge in [0.15, 0.2) is 5.11 Å². The normalized spacial score (nSPS) is 18.6. The number of hydrazine groups is 1. The van der Waals surface area contributed by atoms with Crippen LogP contribution in [0.2, 0.25) is 5.02 Å². The molecule has 0 heterocycles. The Morgan fingerprint density at radius 2 is 1.75 bits per heavy atom. The van der Waals surface area contributed by atoms with E-state index in [1.165, 1.54) is 12.1 Å². The van der Waals surface area contributed by atoms with E-state index in [-0.39, 0.29) is 28.7 Å². The summed E-state index contributed by atoms with van der Waals surface area (Å²) >= 11 is 11.0. The number of carbonyl (C=O) groups is 1. The number of thiocarbonyl (C=S) groups is 1. The van der Waals surface area contributed by atoms with E-state index in [2.05, 4.69) is 16.2 Å². The van der Waals surface area contributed by atoms with Gasteiger partial charge in [-0.15, -0.1) is 0 Å². The van der Waals surface area contributed by atoms with Gasteiger partial charge in [-0.25, -0.2) is 4.39 Å². The lowest BCUT2D eigenvalue weighted by Crippen LogP contribution is -2.44. The fraction of sp³-hybridized carbons (Fsp3) is 0.176. The number of amides is 1. The summed E-state index contributed by atoms with van der Waals surface area (Å²) < 4.78 is 12.8. The maximum Gasteiger partial charge on any atom is 0.242 e. The SMILES string of the molecule is O=C(NNC(=S)Nc1ccc(F)cc1)[C@@H]1C[C@@H]1c1ccc(Cl)cc1. The molecule has 0 spiro atoms. The summed E-state index contributed by atoms with van der Waals surface area (Å²) in [6, 6.07) is 13.3. The number of hydrogen-bond donors (Lipinski definition) is 3. The Balaban J connectivity index is 1.45. The summed E-state index contributed by atoms with van der Waals surface area (Å²) in [5.74, 6) is -0.303. The zero-order valence-corrected chi connectivity index (χ0v) is 14.1. The van der Waals surface area contributed by atoms with E-state index in [1.807, 2.05) is 24.3 Å². The predicted octanol–water partition coefficient (Wildman–Crippen LogP) is 3.60. The minimum Gasteiger partial charge on any atom is -0.331 e. The predicted molar refractivity (Wildman–Crippen MR) is 96.2 cm³/mol. The molecule has 1 aliphatic carbocycles. The minimum atomic E-state index is -0.324. The molecule has 4 nitrogen and oxygen atoms in total. The van der Waals surface area contributed by atoms with Gasteiger partial charge >= 0.3 is 0 Å². The molecule has 1 amide bonds. The highest BCUT2D eigenvalue weighted by Crippen LogP contribution is 2.47. The summed E-state index contributed by atoms with van der Waals surface area (Å²) in [6.45, 7) is 0. The molecule has 24 heavy (non-hydrogen) atoms. The number of carbonyl (C=O) groups excluding carboxylic acids is 1. The van der Waals surface area contributed by atoms with E-state index >= 15 is 0 Å². The summed E-state index contributed by atoms with van der Waals surface area (Å²) in [7, 11) is 0. The van der Waals surface area contributed by atoms with Gasteiger partial charge < -0.3 is 5.32 Å². The number of halogens is 2. The van der Waals surface area contributed by atoms with Crippen LogP contribution in [0.1, 0.15) is 17.9 Å². The molecule has 0 radical (unpaired) electrons. The monoisotopic (exact) mass is 363 g/mol. The number of nitrogens with one attached hydrogen (secondary N) is 3. The highest BCUT2D eigenvalue weighted by atomic mass is 35.5. The zero-order valence-electron chi connectivity index (χ0n) is 12.6. The van der Waals surface area contributed by atoms with E-state index in [0.717, 1.165) is 12.0 Å². The van der Waals surface area contributed by atoms with Gasteiger partial charge in [0.1, 0.15) is 5.82 Å². The molecule has 1 aliphatic rings. The van der Waals surface area contributed by atoms with Crippen LogP contribution in [0.4, 0.5) is 10.1 Å². The lowest BCUT2D eigenvalue weighted by molar-refractivity contribution is -0.122. The van der Waals surface area contributed by atoms with Crippen LogP contribution in [0, 0.1) is 11.7 Å². The maximum atomic E-state index is 12.8. The Kier molecular flexibility index (Phi) is 4.97. The highest BCUT2D eigenvalue weighted by Gasteiger charge is 2.43. The Morgan fingerprint density at radius 1 is 1.08 bits per heavy atom. The summed E-state index contributed by atoms with van der Waals surface area (Å²) in [4.78, 5) is 12.1.